The molecule has 2 heterocycles. The summed E-state index contributed by atoms with van der Waals surface area (Å²) in [7, 11) is 0. The molecule has 4 heteroatoms. The first-order chi connectivity index (χ1) is 6.81. The van der Waals surface area contributed by atoms with Gasteiger partial charge in [0.1, 0.15) is 5.82 Å². The molecule has 2 rings (SSSR count). The van der Waals surface area contributed by atoms with Gasteiger partial charge < -0.3 is 0 Å². The minimum absolute atomic E-state index is 0.184. The Balaban J connectivity index is 2.20. The molecule has 1 aromatic rings. The highest BCUT2D eigenvalue weighted by atomic mass is 79.9. The number of hydrogen-bond acceptors (Lipinski definition) is 2. The van der Waals surface area contributed by atoms with Crippen LogP contribution >= 0.6 is 15.9 Å². The lowest BCUT2D eigenvalue weighted by molar-refractivity contribution is -0.117. The van der Waals surface area contributed by atoms with Crippen LogP contribution < -0.4 is 4.90 Å². The SMILES string of the molecule is O=C1CCCN1c1ccc(CBr)cn1. The van der Waals surface area contributed by atoms with Gasteiger partial charge in [-0.05, 0) is 18.1 Å². The lowest BCUT2D eigenvalue weighted by atomic mass is 10.3. The molecule has 0 bridgehead atoms. The molecule has 0 atom stereocenters. The van der Waals surface area contributed by atoms with Crippen molar-refractivity contribution in [2.45, 2.75) is 18.2 Å². The van der Waals surface area contributed by atoms with Gasteiger partial charge in [0.2, 0.25) is 5.91 Å². The third kappa shape index (κ3) is 1.80. The molecule has 0 saturated carbocycles. The van der Waals surface area contributed by atoms with E-state index in [1.165, 1.54) is 0 Å². The molecule has 1 aromatic heterocycles. The van der Waals surface area contributed by atoms with E-state index in [1.54, 1.807) is 11.1 Å². The van der Waals surface area contributed by atoms with Crippen molar-refractivity contribution in [3.8, 4) is 0 Å². The molecule has 1 saturated heterocycles. The van der Waals surface area contributed by atoms with Gasteiger partial charge in [0, 0.05) is 24.5 Å². The van der Waals surface area contributed by atoms with E-state index in [4.69, 9.17) is 0 Å². The molecule has 0 aromatic carbocycles. The molecule has 1 fully saturated rings. The fourth-order valence-corrected chi connectivity index (χ4v) is 1.88. The number of hydrogen-bond donors (Lipinski definition) is 0. The topological polar surface area (TPSA) is 33.2 Å². The monoisotopic (exact) mass is 254 g/mol. The zero-order valence-electron chi connectivity index (χ0n) is 7.74. The highest BCUT2D eigenvalue weighted by Gasteiger charge is 2.22. The normalized spacial score (nSPS) is 16.4. The first-order valence-corrected chi connectivity index (χ1v) is 5.74. The molecule has 1 aliphatic rings. The van der Waals surface area contributed by atoms with Crippen LogP contribution in [0, 0.1) is 0 Å². The second-order valence-corrected chi connectivity index (χ2v) is 3.87. The zero-order chi connectivity index (χ0) is 9.97. The number of pyridine rings is 1. The van der Waals surface area contributed by atoms with Gasteiger partial charge in [0.25, 0.3) is 0 Å². The summed E-state index contributed by atoms with van der Waals surface area (Å²) in [5.74, 6) is 0.960. The Kier molecular flexibility index (Phi) is 2.82. The number of aromatic nitrogens is 1. The number of nitrogens with zero attached hydrogens (tertiary/aromatic N) is 2. The predicted octanol–water partition coefficient (Wildman–Crippen LogP) is 2.10. The molecule has 0 N–H and O–H groups in total. The summed E-state index contributed by atoms with van der Waals surface area (Å²) in [5, 5.41) is 0.800. The van der Waals surface area contributed by atoms with Crippen molar-refractivity contribution in [1.82, 2.24) is 4.98 Å². The number of carbonyl (C=O) groups is 1. The summed E-state index contributed by atoms with van der Waals surface area (Å²) >= 11 is 3.36. The second-order valence-electron chi connectivity index (χ2n) is 3.31. The Morgan fingerprint density at radius 1 is 1.50 bits per heavy atom. The van der Waals surface area contributed by atoms with Crippen molar-refractivity contribution >= 4 is 27.7 Å². The van der Waals surface area contributed by atoms with E-state index in [0.717, 1.165) is 29.7 Å². The van der Waals surface area contributed by atoms with Crippen molar-refractivity contribution in [3.63, 3.8) is 0 Å². The minimum atomic E-state index is 0.184. The van der Waals surface area contributed by atoms with E-state index in [9.17, 15) is 4.79 Å². The quantitative estimate of drug-likeness (QED) is 0.758. The summed E-state index contributed by atoms with van der Waals surface area (Å²) in [6.45, 7) is 0.805. The number of alkyl halides is 1. The molecular weight excluding hydrogens is 244 g/mol. The molecule has 74 valence electrons. The third-order valence-corrected chi connectivity index (χ3v) is 2.96. The summed E-state index contributed by atoms with van der Waals surface area (Å²) in [5.41, 5.74) is 1.13. The molecular formula is C10H11BrN2O. The lowest BCUT2D eigenvalue weighted by Gasteiger charge is -2.13. The van der Waals surface area contributed by atoms with Crippen molar-refractivity contribution in [2.24, 2.45) is 0 Å². The summed E-state index contributed by atoms with van der Waals surface area (Å²) < 4.78 is 0. The Morgan fingerprint density at radius 2 is 2.36 bits per heavy atom. The van der Waals surface area contributed by atoms with Crippen LogP contribution in [0.2, 0.25) is 0 Å². The van der Waals surface area contributed by atoms with Gasteiger partial charge in [-0.25, -0.2) is 4.98 Å². The van der Waals surface area contributed by atoms with Crippen LogP contribution in [0.5, 0.6) is 0 Å². The van der Waals surface area contributed by atoms with E-state index in [1.807, 2.05) is 12.1 Å². The van der Waals surface area contributed by atoms with Gasteiger partial charge in [-0.1, -0.05) is 22.0 Å². The van der Waals surface area contributed by atoms with E-state index in [2.05, 4.69) is 20.9 Å². The molecule has 14 heavy (non-hydrogen) atoms. The molecule has 0 unspecified atom stereocenters. The maximum Gasteiger partial charge on any atom is 0.228 e. The number of anilines is 1. The zero-order valence-corrected chi connectivity index (χ0v) is 9.33. The summed E-state index contributed by atoms with van der Waals surface area (Å²) in [4.78, 5) is 17.4. The van der Waals surface area contributed by atoms with Crippen LogP contribution in [0.4, 0.5) is 5.82 Å². The van der Waals surface area contributed by atoms with E-state index in [0.29, 0.717) is 6.42 Å². The summed E-state index contributed by atoms with van der Waals surface area (Å²) in [6.07, 6.45) is 3.40. The van der Waals surface area contributed by atoms with Crippen LogP contribution in [0.25, 0.3) is 0 Å². The maximum atomic E-state index is 11.4. The standard InChI is InChI=1S/C10H11BrN2O/c11-6-8-3-4-9(12-7-8)13-5-1-2-10(13)14/h3-4,7H,1-2,5-6H2. The minimum Gasteiger partial charge on any atom is -0.297 e. The molecule has 1 aliphatic heterocycles. The van der Waals surface area contributed by atoms with E-state index in [-0.39, 0.29) is 5.91 Å². The number of rotatable bonds is 2. The van der Waals surface area contributed by atoms with Crippen molar-refractivity contribution in [1.29, 1.82) is 0 Å². The van der Waals surface area contributed by atoms with Crippen LogP contribution in [-0.4, -0.2) is 17.4 Å². The van der Waals surface area contributed by atoms with Crippen molar-refractivity contribution < 1.29 is 4.79 Å². The van der Waals surface area contributed by atoms with Crippen LogP contribution in [0.15, 0.2) is 18.3 Å². The van der Waals surface area contributed by atoms with Crippen molar-refractivity contribution in [2.75, 3.05) is 11.4 Å². The van der Waals surface area contributed by atoms with Gasteiger partial charge in [0.05, 0.1) is 0 Å². The summed E-state index contributed by atoms with van der Waals surface area (Å²) in [6, 6.07) is 3.89. The highest BCUT2D eigenvalue weighted by Crippen LogP contribution is 2.19. The number of halogens is 1. The largest absolute Gasteiger partial charge is 0.297 e. The maximum absolute atomic E-state index is 11.4. The fourth-order valence-electron chi connectivity index (χ4n) is 1.55. The van der Waals surface area contributed by atoms with Crippen LogP contribution in [-0.2, 0) is 10.1 Å². The molecule has 0 radical (unpaired) electrons. The Bertz CT molecular complexity index is 336. The van der Waals surface area contributed by atoms with Gasteiger partial charge in [-0.3, -0.25) is 9.69 Å². The van der Waals surface area contributed by atoms with Gasteiger partial charge in [-0.15, -0.1) is 0 Å². The highest BCUT2D eigenvalue weighted by molar-refractivity contribution is 9.08. The number of amides is 1. The van der Waals surface area contributed by atoms with E-state index < -0.39 is 0 Å². The molecule has 1 amide bonds. The van der Waals surface area contributed by atoms with Gasteiger partial charge in [-0.2, -0.15) is 0 Å². The van der Waals surface area contributed by atoms with Gasteiger partial charge in [0.15, 0.2) is 0 Å². The van der Waals surface area contributed by atoms with Crippen LogP contribution in [0.3, 0.4) is 0 Å². The first kappa shape index (κ1) is 9.65. The van der Waals surface area contributed by atoms with Crippen LogP contribution in [0.1, 0.15) is 18.4 Å². The molecule has 0 aliphatic carbocycles. The Labute approximate surface area is 91.3 Å². The lowest BCUT2D eigenvalue weighted by Crippen LogP contribution is -2.24. The smallest absolute Gasteiger partial charge is 0.228 e. The van der Waals surface area contributed by atoms with Crippen molar-refractivity contribution in [3.05, 3.63) is 23.9 Å². The Morgan fingerprint density at radius 3 is 2.86 bits per heavy atom. The average molecular weight is 255 g/mol. The first-order valence-electron chi connectivity index (χ1n) is 4.62. The molecule has 0 spiro atoms. The van der Waals surface area contributed by atoms with E-state index >= 15 is 0 Å². The second kappa shape index (κ2) is 4.09. The predicted molar refractivity (Wildman–Crippen MR) is 58.5 cm³/mol. The number of carbonyl (C=O) groups excluding carboxylic acids is 1. The van der Waals surface area contributed by atoms with Gasteiger partial charge >= 0.3 is 0 Å². The molecule has 3 nitrogen and oxygen atoms in total. The fraction of sp³-hybridized carbons (Fsp3) is 0.400. The Hall–Kier alpha value is -0.900. The third-order valence-electron chi connectivity index (χ3n) is 2.31. The average Bonchev–Trinajstić information content (AvgIpc) is 2.65.